The fourth-order valence-corrected chi connectivity index (χ4v) is 8.22. The van der Waals surface area contributed by atoms with Gasteiger partial charge in [0, 0.05) is 86.1 Å². The number of nitrogen functional groups attached to an aromatic ring is 1. The van der Waals surface area contributed by atoms with Crippen LogP contribution in [0.5, 0.6) is 5.75 Å². The molecule has 8 amide bonds. The number of ether oxygens (including phenoxy) is 3. The minimum atomic E-state index is -1.06. The number of morpholine rings is 1. The van der Waals surface area contributed by atoms with Gasteiger partial charge in [-0.3, -0.25) is 38.7 Å². The topological polar surface area (TPSA) is 322 Å². The Balaban J connectivity index is 0.946. The molecule has 2 aliphatic rings. The zero-order chi connectivity index (χ0) is 54.6. The summed E-state index contributed by atoms with van der Waals surface area (Å²) in [7, 11) is 0. The average molecular weight is 1050 g/mol. The maximum atomic E-state index is 13.6. The van der Waals surface area contributed by atoms with Gasteiger partial charge in [-0.05, 0) is 74.4 Å². The van der Waals surface area contributed by atoms with E-state index in [1.54, 1.807) is 81.7 Å². The van der Waals surface area contributed by atoms with E-state index in [1.807, 2.05) is 6.07 Å². The van der Waals surface area contributed by atoms with E-state index in [-0.39, 0.29) is 86.4 Å². The third-order valence-corrected chi connectivity index (χ3v) is 12.3. The molecule has 1 unspecified atom stereocenters. The van der Waals surface area contributed by atoms with E-state index >= 15 is 0 Å². The molecule has 3 atom stereocenters. The summed E-state index contributed by atoms with van der Waals surface area (Å²) in [6.07, 6.45) is 8.25. The van der Waals surface area contributed by atoms with Crippen LogP contribution < -0.4 is 47.7 Å². The quantitative estimate of drug-likeness (QED) is 0.0255. The van der Waals surface area contributed by atoms with Crippen molar-refractivity contribution < 1.29 is 52.6 Å². The van der Waals surface area contributed by atoms with Gasteiger partial charge in [0.2, 0.25) is 17.7 Å². The standard InChI is InChI=1S/C53H66N12O11/c1-33(2)47(63-44(67)12-5-4-6-22-65-45(68)17-18-46(65)69)51(71)62-40(11-8-20-57-52(55)72)50(70)60-38-15-13-35(14-16-38)32-75-53(73)59-29-34(3)76-39-10-7-9-36(27-39)41-31-58-49(54)48(61-41)43(66)28-37-30-56-21-19-42(37)64-23-25-74-26-24-64/h7,9-10,13-19,21,27,30-31,33-34,40,47H,4-6,8,11-12,20,22-26,28-29,32H2,1-3H3,(H2,54,58)(H,59,73)(H,60,70)(H,62,71)(H,63,67)(H3,55,57,72)/t34?,40-,47-/m0/s1. The number of carbonyl (C=O) groups excluding carboxylic acids is 8. The Bertz CT molecular complexity index is 2710. The molecule has 404 valence electrons. The van der Waals surface area contributed by atoms with Gasteiger partial charge in [0.05, 0.1) is 31.6 Å². The average Bonchev–Trinajstić information content (AvgIpc) is 3.73. The second-order valence-corrected chi connectivity index (χ2v) is 18.5. The number of hydrogen-bond acceptors (Lipinski definition) is 16. The van der Waals surface area contributed by atoms with E-state index < -0.39 is 42.1 Å². The minimum Gasteiger partial charge on any atom is -0.489 e. The van der Waals surface area contributed by atoms with Gasteiger partial charge in [-0.2, -0.15) is 0 Å². The van der Waals surface area contributed by atoms with Crippen molar-refractivity contribution in [2.45, 2.75) is 90.5 Å². The van der Waals surface area contributed by atoms with Crippen LogP contribution in [0.25, 0.3) is 11.3 Å². The first kappa shape index (κ1) is 56.8. The van der Waals surface area contributed by atoms with Gasteiger partial charge in [0.1, 0.15) is 36.2 Å². The maximum Gasteiger partial charge on any atom is 0.407 e. The molecule has 76 heavy (non-hydrogen) atoms. The molecule has 1 saturated heterocycles. The molecule has 0 bridgehead atoms. The minimum absolute atomic E-state index is 0.0143. The summed E-state index contributed by atoms with van der Waals surface area (Å²) < 4.78 is 17.0. The molecule has 0 saturated carbocycles. The summed E-state index contributed by atoms with van der Waals surface area (Å²) in [4.78, 5) is 118. The van der Waals surface area contributed by atoms with Crippen molar-refractivity contribution in [1.82, 2.24) is 41.1 Å². The highest BCUT2D eigenvalue weighted by Crippen LogP contribution is 2.26. The van der Waals surface area contributed by atoms with Crippen molar-refractivity contribution in [3.05, 3.63) is 102 Å². The molecule has 1 fully saturated rings. The number of nitrogens with two attached hydrogens (primary N) is 2. The van der Waals surface area contributed by atoms with Gasteiger partial charge in [-0.1, -0.05) is 44.5 Å². The van der Waals surface area contributed by atoms with Crippen molar-refractivity contribution in [3.63, 3.8) is 0 Å². The van der Waals surface area contributed by atoms with Crippen LogP contribution >= 0.6 is 0 Å². The van der Waals surface area contributed by atoms with Gasteiger partial charge in [-0.25, -0.2) is 19.6 Å². The Morgan fingerprint density at radius 2 is 1.61 bits per heavy atom. The molecule has 9 N–H and O–H groups in total. The van der Waals surface area contributed by atoms with E-state index in [1.165, 1.54) is 18.3 Å². The summed E-state index contributed by atoms with van der Waals surface area (Å²) in [5, 5.41) is 13.5. The third-order valence-electron chi connectivity index (χ3n) is 12.3. The number of benzene rings is 2. The van der Waals surface area contributed by atoms with Crippen LogP contribution in [-0.4, -0.2) is 131 Å². The fraction of sp³-hybridized carbons (Fsp3) is 0.415. The molecule has 6 rings (SSSR count). The molecule has 23 heteroatoms. The number of alkyl carbamates (subject to hydrolysis) is 1. The number of amides is 8. The van der Waals surface area contributed by atoms with E-state index in [9.17, 15) is 38.4 Å². The van der Waals surface area contributed by atoms with Gasteiger partial charge in [-0.15, -0.1) is 0 Å². The Hall–Kier alpha value is -8.47. The number of unbranched alkanes of at least 4 members (excludes halogenated alkanes) is 2. The first-order valence-corrected chi connectivity index (χ1v) is 25.2. The molecule has 4 aromatic rings. The molecule has 23 nitrogen and oxygen atoms in total. The summed E-state index contributed by atoms with van der Waals surface area (Å²) >= 11 is 0. The number of rotatable bonds is 27. The number of nitrogens with one attached hydrogen (secondary N) is 5. The van der Waals surface area contributed by atoms with Crippen molar-refractivity contribution in [2.75, 3.05) is 61.9 Å². The summed E-state index contributed by atoms with van der Waals surface area (Å²) in [5.41, 5.74) is 15.1. The summed E-state index contributed by atoms with van der Waals surface area (Å²) in [6, 6.07) is 12.7. The van der Waals surface area contributed by atoms with Gasteiger partial charge in [0.25, 0.3) is 11.8 Å². The molecule has 4 heterocycles. The SMILES string of the molecule is CC(CNC(=O)OCc1ccc(NC(=O)[C@H](CCCNC(N)=O)NC(=O)[C@@H](NC(=O)CCCCCN2C(=O)C=CC2=O)C(C)C)cc1)Oc1cccc(-c2cnc(N)c(C(=O)Cc3cnccc3N3CCOCC3)n2)c1. The number of ketones is 1. The molecule has 2 aromatic carbocycles. The summed E-state index contributed by atoms with van der Waals surface area (Å²) in [6.45, 7) is 8.30. The highest BCUT2D eigenvalue weighted by molar-refractivity contribution is 6.12. The van der Waals surface area contributed by atoms with E-state index in [0.29, 0.717) is 80.2 Å². The molecule has 2 aliphatic heterocycles. The lowest BCUT2D eigenvalue weighted by molar-refractivity contribution is -0.137. The van der Waals surface area contributed by atoms with Crippen LogP contribution in [0.2, 0.25) is 0 Å². The number of anilines is 3. The normalized spacial score (nSPS) is 14.4. The third kappa shape index (κ3) is 17.3. The maximum absolute atomic E-state index is 13.6. The number of imide groups is 1. The van der Waals surface area contributed by atoms with Crippen LogP contribution in [0.1, 0.15) is 80.9 Å². The molecule has 0 aliphatic carbocycles. The first-order valence-electron chi connectivity index (χ1n) is 25.2. The lowest BCUT2D eigenvalue weighted by Gasteiger charge is -2.30. The second-order valence-electron chi connectivity index (χ2n) is 18.5. The van der Waals surface area contributed by atoms with Crippen LogP contribution in [0.4, 0.5) is 26.8 Å². The monoisotopic (exact) mass is 1050 g/mol. The Morgan fingerprint density at radius 3 is 2.33 bits per heavy atom. The number of pyridine rings is 1. The van der Waals surface area contributed by atoms with E-state index in [4.69, 9.17) is 25.7 Å². The predicted molar refractivity (Wildman–Crippen MR) is 280 cm³/mol. The number of Topliss-reactive ketones (excluding diaryl/α,β-unsaturated/α-hetero) is 1. The summed E-state index contributed by atoms with van der Waals surface area (Å²) in [5.74, 6) is -2.35. The Morgan fingerprint density at radius 1 is 0.855 bits per heavy atom. The lowest BCUT2D eigenvalue weighted by Crippen LogP contribution is -2.54. The largest absolute Gasteiger partial charge is 0.489 e. The van der Waals surface area contributed by atoms with Crippen LogP contribution in [0, 0.1) is 5.92 Å². The van der Waals surface area contributed by atoms with E-state index in [0.717, 1.165) is 16.2 Å². The van der Waals surface area contributed by atoms with Crippen molar-refractivity contribution in [3.8, 4) is 17.0 Å². The fourth-order valence-electron chi connectivity index (χ4n) is 8.22. The van der Waals surface area contributed by atoms with Crippen LogP contribution in [-0.2, 0) is 46.5 Å². The molecule has 0 spiro atoms. The number of aromatic nitrogens is 3. The van der Waals surface area contributed by atoms with Crippen LogP contribution in [0.3, 0.4) is 0 Å². The number of primary amides is 1. The highest BCUT2D eigenvalue weighted by Gasteiger charge is 2.29. The molecule has 2 aromatic heterocycles. The lowest BCUT2D eigenvalue weighted by atomic mass is 10.0. The number of carbonyl (C=O) groups is 8. The smallest absolute Gasteiger partial charge is 0.407 e. The van der Waals surface area contributed by atoms with Crippen molar-refractivity contribution in [2.24, 2.45) is 11.7 Å². The predicted octanol–water partition coefficient (Wildman–Crippen LogP) is 3.57. The Kier molecular flexibility index (Phi) is 21.1. The molecular formula is C53H66N12O11. The number of urea groups is 1. The number of hydrogen-bond donors (Lipinski definition) is 7. The Labute approximate surface area is 440 Å². The second kappa shape index (κ2) is 28.3. The van der Waals surface area contributed by atoms with Gasteiger partial charge >= 0.3 is 12.1 Å². The highest BCUT2D eigenvalue weighted by atomic mass is 16.5. The molecular weight excluding hydrogens is 981 g/mol. The van der Waals surface area contributed by atoms with Gasteiger partial charge in [0.15, 0.2) is 11.6 Å². The molecule has 0 radical (unpaired) electrons. The first-order chi connectivity index (χ1) is 36.5. The number of nitrogens with zero attached hydrogens (tertiary/aromatic N) is 5. The zero-order valence-electron chi connectivity index (χ0n) is 42.9. The van der Waals surface area contributed by atoms with Gasteiger partial charge < -0.3 is 57.2 Å². The zero-order valence-corrected chi connectivity index (χ0v) is 42.9. The van der Waals surface area contributed by atoms with Crippen molar-refractivity contribution in [1.29, 1.82) is 0 Å². The van der Waals surface area contributed by atoms with Crippen molar-refractivity contribution >= 4 is 64.6 Å². The van der Waals surface area contributed by atoms with Crippen LogP contribution in [0.15, 0.2) is 85.3 Å². The van der Waals surface area contributed by atoms with E-state index in [2.05, 4.69) is 46.4 Å².